The van der Waals surface area contributed by atoms with Crippen molar-refractivity contribution in [1.29, 1.82) is 0 Å². The van der Waals surface area contributed by atoms with E-state index in [1.165, 1.54) is 17.6 Å². The Balaban J connectivity index is 1.86. The zero-order valence-electron chi connectivity index (χ0n) is 14.7. The maximum atomic E-state index is 12.0. The molecule has 0 saturated carbocycles. The molecule has 0 saturated heterocycles. The average Bonchev–Trinajstić information content (AvgIpc) is 3.30. The van der Waals surface area contributed by atoms with Crippen LogP contribution in [0.3, 0.4) is 0 Å². The van der Waals surface area contributed by atoms with Gasteiger partial charge >= 0.3 is 0 Å². The van der Waals surface area contributed by atoms with Gasteiger partial charge in [-0.05, 0) is 37.4 Å². The Labute approximate surface area is 157 Å². The molecule has 10 heteroatoms. The molecule has 144 valence electrons. The number of aliphatic imine (C=N–C) groups is 1. The summed E-state index contributed by atoms with van der Waals surface area (Å²) in [6, 6.07) is 6.65. The first-order valence-corrected chi connectivity index (χ1v) is 10.5. The summed E-state index contributed by atoms with van der Waals surface area (Å²) in [6.45, 7) is 4.82. The number of nitrogens with one attached hydrogen (secondary N) is 3. The van der Waals surface area contributed by atoms with Crippen LogP contribution in [0.1, 0.15) is 19.6 Å². The predicted molar refractivity (Wildman–Crippen MR) is 102 cm³/mol. The third kappa shape index (κ3) is 5.84. The maximum absolute atomic E-state index is 12.0. The first-order chi connectivity index (χ1) is 12.3. The Bertz CT molecular complexity index is 784. The fourth-order valence-corrected chi connectivity index (χ4v) is 4.16. The minimum atomic E-state index is -3.48. The van der Waals surface area contributed by atoms with Crippen LogP contribution in [0.15, 0.2) is 49.5 Å². The number of sulfonamides is 1. The van der Waals surface area contributed by atoms with Crippen molar-refractivity contribution in [3.05, 3.63) is 41.7 Å². The molecule has 0 aliphatic heterocycles. The number of guanidine groups is 1. The lowest BCUT2D eigenvalue weighted by Gasteiger charge is -2.19. The standard InChI is InChI=1S/C16H24N4O4S2/c1-3-17-15(19-12-16(2,21)13-6-4-10-24-13)18-8-9-20-26(22,23)14-7-5-11-25-14/h4-7,10-11,20-21H,3,8-9,12H2,1-2H3,(H2,17,18,19). The first-order valence-electron chi connectivity index (χ1n) is 8.17. The summed E-state index contributed by atoms with van der Waals surface area (Å²) < 4.78 is 32.1. The molecule has 0 radical (unpaired) electrons. The van der Waals surface area contributed by atoms with E-state index in [0.717, 1.165) is 0 Å². The zero-order chi connectivity index (χ0) is 19.0. The molecule has 0 amide bonds. The van der Waals surface area contributed by atoms with E-state index in [9.17, 15) is 13.5 Å². The molecule has 1 atom stereocenters. The van der Waals surface area contributed by atoms with Crippen LogP contribution in [0.4, 0.5) is 0 Å². The molecule has 2 heterocycles. The van der Waals surface area contributed by atoms with Gasteiger partial charge in [-0.15, -0.1) is 11.3 Å². The second kappa shape index (κ2) is 9.17. The largest absolute Gasteiger partial charge is 0.466 e. The number of aliphatic hydroxyl groups is 1. The molecule has 2 aromatic heterocycles. The van der Waals surface area contributed by atoms with Gasteiger partial charge in [0.2, 0.25) is 10.0 Å². The number of furan rings is 1. The van der Waals surface area contributed by atoms with E-state index in [4.69, 9.17) is 4.42 Å². The van der Waals surface area contributed by atoms with Gasteiger partial charge in [-0.3, -0.25) is 0 Å². The Hall–Kier alpha value is -1.88. The van der Waals surface area contributed by atoms with E-state index >= 15 is 0 Å². The van der Waals surface area contributed by atoms with Crippen molar-refractivity contribution in [2.45, 2.75) is 23.7 Å². The molecular formula is C16H24N4O4S2. The molecule has 0 aliphatic rings. The molecule has 2 aromatic rings. The topological polar surface area (TPSA) is 116 Å². The molecule has 0 bridgehead atoms. The molecule has 8 nitrogen and oxygen atoms in total. The van der Waals surface area contributed by atoms with Gasteiger partial charge in [-0.2, -0.15) is 0 Å². The summed E-state index contributed by atoms with van der Waals surface area (Å²) in [6.07, 6.45) is 1.50. The molecule has 0 aromatic carbocycles. The van der Waals surface area contributed by atoms with Crippen molar-refractivity contribution < 1.29 is 17.9 Å². The van der Waals surface area contributed by atoms with Gasteiger partial charge in [0.25, 0.3) is 0 Å². The van der Waals surface area contributed by atoms with E-state index in [1.807, 2.05) is 6.92 Å². The maximum Gasteiger partial charge on any atom is 0.250 e. The molecule has 0 spiro atoms. The van der Waals surface area contributed by atoms with Crippen LogP contribution in [0, 0.1) is 0 Å². The summed E-state index contributed by atoms with van der Waals surface area (Å²) in [5, 5.41) is 18.2. The fraction of sp³-hybridized carbons (Fsp3) is 0.438. The van der Waals surface area contributed by atoms with Gasteiger partial charge in [-0.1, -0.05) is 6.07 Å². The Morgan fingerprint density at radius 2 is 2.12 bits per heavy atom. The number of nitrogens with zero attached hydrogens (tertiary/aromatic N) is 1. The van der Waals surface area contributed by atoms with Crippen LogP contribution >= 0.6 is 11.3 Å². The number of hydrogen-bond acceptors (Lipinski definition) is 6. The Morgan fingerprint density at radius 1 is 1.31 bits per heavy atom. The summed E-state index contributed by atoms with van der Waals surface area (Å²) in [7, 11) is -3.48. The SMILES string of the molecule is CCNC(=NCC(C)(O)c1ccco1)NCCNS(=O)(=O)c1cccs1. The minimum absolute atomic E-state index is 0.0940. The monoisotopic (exact) mass is 400 g/mol. The highest BCUT2D eigenvalue weighted by Gasteiger charge is 2.26. The molecule has 0 aliphatic carbocycles. The lowest BCUT2D eigenvalue weighted by atomic mass is 10.0. The number of thiophene rings is 1. The molecular weight excluding hydrogens is 376 g/mol. The lowest BCUT2D eigenvalue weighted by Crippen LogP contribution is -2.42. The van der Waals surface area contributed by atoms with Gasteiger partial charge in [0.15, 0.2) is 5.96 Å². The highest BCUT2D eigenvalue weighted by atomic mass is 32.2. The van der Waals surface area contributed by atoms with Crippen molar-refractivity contribution >= 4 is 27.3 Å². The van der Waals surface area contributed by atoms with E-state index in [2.05, 4.69) is 20.3 Å². The van der Waals surface area contributed by atoms with Gasteiger partial charge in [-0.25, -0.2) is 18.1 Å². The van der Waals surface area contributed by atoms with E-state index in [1.54, 1.807) is 36.6 Å². The molecule has 1 unspecified atom stereocenters. The van der Waals surface area contributed by atoms with Gasteiger partial charge in [0, 0.05) is 19.6 Å². The zero-order valence-corrected chi connectivity index (χ0v) is 16.4. The van der Waals surface area contributed by atoms with E-state index < -0.39 is 15.6 Å². The van der Waals surface area contributed by atoms with Crippen LogP contribution in [-0.4, -0.2) is 45.7 Å². The minimum Gasteiger partial charge on any atom is -0.466 e. The van der Waals surface area contributed by atoms with Crippen molar-refractivity contribution in [2.75, 3.05) is 26.2 Å². The van der Waals surface area contributed by atoms with Crippen molar-refractivity contribution in [3.8, 4) is 0 Å². The highest BCUT2D eigenvalue weighted by molar-refractivity contribution is 7.91. The summed E-state index contributed by atoms with van der Waals surface area (Å²) >= 11 is 1.17. The van der Waals surface area contributed by atoms with Crippen LogP contribution in [0.2, 0.25) is 0 Å². The van der Waals surface area contributed by atoms with Crippen molar-refractivity contribution in [3.63, 3.8) is 0 Å². The molecule has 0 fully saturated rings. The Kier molecular flexibility index (Phi) is 7.21. The van der Waals surface area contributed by atoms with Gasteiger partial charge < -0.3 is 20.2 Å². The Morgan fingerprint density at radius 3 is 2.73 bits per heavy atom. The second-order valence-corrected chi connectivity index (χ2v) is 8.64. The molecule has 4 N–H and O–H groups in total. The van der Waals surface area contributed by atoms with Crippen molar-refractivity contribution in [1.82, 2.24) is 15.4 Å². The summed E-state index contributed by atoms with van der Waals surface area (Å²) in [4.78, 5) is 4.33. The summed E-state index contributed by atoms with van der Waals surface area (Å²) in [5.41, 5.74) is -1.23. The van der Waals surface area contributed by atoms with Crippen LogP contribution < -0.4 is 15.4 Å². The van der Waals surface area contributed by atoms with Gasteiger partial charge in [0.1, 0.15) is 15.6 Å². The first kappa shape index (κ1) is 20.4. The number of hydrogen-bond donors (Lipinski definition) is 4. The normalized spacial score (nSPS) is 14.8. The third-order valence-corrected chi connectivity index (χ3v) is 6.27. The van der Waals surface area contributed by atoms with Crippen LogP contribution in [0.5, 0.6) is 0 Å². The number of rotatable bonds is 9. The highest BCUT2D eigenvalue weighted by Crippen LogP contribution is 2.21. The lowest BCUT2D eigenvalue weighted by molar-refractivity contribution is 0.0437. The molecule has 26 heavy (non-hydrogen) atoms. The third-order valence-electron chi connectivity index (χ3n) is 3.41. The van der Waals surface area contributed by atoms with Crippen LogP contribution in [-0.2, 0) is 15.6 Å². The quantitative estimate of drug-likeness (QED) is 0.284. The van der Waals surface area contributed by atoms with Crippen molar-refractivity contribution in [2.24, 2.45) is 4.99 Å². The fourth-order valence-electron chi connectivity index (χ4n) is 2.09. The summed E-state index contributed by atoms with van der Waals surface area (Å²) in [5.74, 6) is 0.912. The van der Waals surface area contributed by atoms with Gasteiger partial charge in [0.05, 0.1) is 12.8 Å². The van der Waals surface area contributed by atoms with Crippen LogP contribution in [0.25, 0.3) is 0 Å². The smallest absolute Gasteiger partial charge is 0.250 e. The average molecular weight is 401 g/mol. The van der Waals surface area contributed by atoms with E-state index in [0.29, 0.717) is 24.8 Å². The van der Waals surface area contributed by atoms with E-state index in [-0.39, 0.29) is 17.3 Å². The predicted octanol–water partition coefficient (Wildman–Crippen LogP) is 1.08. The molecule has 2 rings (SSSR count). The second-order valence-electron chi connectivity index (χ2n) is 5.70.